The van der Waals surface area contributed by atoms with Crippen LogP contribution >= 0.6 is 0 Å². The Bertz CT molecular complexity index is 1040. The number of carboxylic acid groups (broad SMARTS) is 2. The average molecular weight is 430 g/mol. The number of nitrogens with zero attached hydrogens (tertiary/aromatic N) is 2. The summed E-state index contributed by atoms with van der Waals surface area (Å²) in [5.41, 5.74) is -0.463. The van der Waals surface area contributed by atoms with Crippen LogP contribution in [0.3, 0.4) is 0 Å². The largest absolute Gasteiger partial charge is 0.498 e. The van der Waals surface area contributed by atoms with Crippen LogP contribution in [0.25, 0.3) is 0 Å². The number of quaternary nitrogens is 1. The summed E-state index contributed by atoms with van der Waals surface area (Å²) in [6, 6.07) is 9.61. The number of piperidine rings is 1. The van der Waals surface area contributed by atoms with Crippen molar-refractivity contribution in [2.24, 2.45) is 5.41 Å². The number of carbonyl (C=O) groups is 2. The van der Waals surface area contributed by atoms with Gasteiger partial charge in [-0.05, 0) is 37.0 Å². The zero-order chi connectivity index (χ0) is 23.0. The lowest BCUT2D eigenvalue weighted by atomic mass is 9.73. The highest BCUT2D eigenvalue weighted by molar-refractivity contribution is 5.83. The fraction of sp³-hybridized carbons (Fsp3) is 0.364. The van der Waals surface area contributed by atoms with Gasteiger partial charge in [0.05, 0.1) is 11.5 Å². The molecule has 1 heterocycles. The Hall–Kier alpha value is -3.33. The summed E-state index contributed by atoms with van der Waals surface area (Å²) in [4.78, 5) is 34.9. The predicted molar refractivity (Wildman–Crippen MR) is 109 cm³/mol. The van der Waals surface area contributed by atoms with E-state index < -0.39 is 38.6 Å². The molecule has 1 fully saturated rings. The highest BCUT2D eigenvalue weighted by Crippen LogP contribution is 2.44. The van der Waals surface area contributed by atoms with Crippen LogP contribution in [0.1, 0.15) is 37.3 Å². The minimum atomic E-state index is -1.52. The molecule has 0 spiro atoms. The molecule has 0 aromatic heterocycles. The number of benzene rings is 2. The molecule has 2 aromatic carbocycles. The van der Waals surface area contributed by atoms with Crippen LogP contribution in [0.4, 0.5) is 20.6 Å². The first-order valence-electron chi connectivity index (χ1n) is 9.88. The van der Waals surface area contributed by atoms with E-state index in [2.05, 4.69) is 0 Å². The fourth-order valence-corrected chi connectivity index (χ4v) is 4.49. The predicted octanol–water partition coefficient (Wildman–Crippen LogP) is 3.23. The van der Waals surface area contributed by atoms with Crippen molar-refractivity contribution in [1.29, 1.82) is 0 Å². The Labute approximate surface area is 178 Å². The number of aryl methyl sites for hydroxylation is 1. The maximum atomic E-state index is 14.4. The Balaban J connectivity index is 2.13. The van der Waals surface area contributed by atoms with Crippen LogP contribution in [-0.2, 0) is 11.2 Å². The van der Waals surface area contributed by atoms with Crippen molar-refractivity contribution in [3.63, 3.8) is 0 Å². The number of halogens is 1. The van der Waals surface area contributed by atoms with Crippen molar-refractivity contribution in [3.8, 4) is 0 Å². The van der Waals surface area contributed by atoms with Gasteiger partial charge in [-0.1, -0.05) is 19.1 Å². The van der Waals surface area contributed by atoms with Crippen molar-refractivity contribution >= 4 is 23.4 Å². The molecule has 9 heteroatoms. The molecule has 1 aliphatic heterocycles. The summed E-state index contributed by atoms with van der Waals surface area (Å²) in [5.74, 6) is -2.18. The number of likely N-dealkylation sites (tertiary alicyclic amines) is 1. The van der Waals surface area contributed by atoms with E-state index in [1.165, 1.54) is 37.3 Å². The smallest absolute Gasteiger partial charge is 0.315 e. The quantitative estimate of drug-likeness (QED) is 0.442. The molecule has 3 rings (SSSR count). The summed E-state index contributed by atoms with van der Waals surface area (Å²) in [7, 11) is 0. The lowest BCUT2D eigenvalue weighted by Crippen LogP contribution is -2.68. The maximum Gasteiger partial charge on any atom is 0.315 e. The van der Waals surface area contributed by atoms with Crippen LogP contribution in [0.2, 0.25) is 0 Å². The molecule has 0 bridgehead atoms. The Kier molecular flexibility index (Phi) is 5.82. The van der Waals surface area contributed by atoms with Crippen molar-refractivity contribution in [2.45, 2.75) is 32.6 Å². The molecule has 1 amide bonds. The third-order valence-corrected chi connectivity index (χ3v) is 6.20. The van der Waals surface area contributed by atoms with E-state index in [9.17, 15) is 34.3 Å². The summed E-state index contributed by atoms with van der Waals surface area (Å²) >= 11 is 0. The molecular formula is C22H23FN2O6. The Morgan fingerprint density at radius 3 is 2.39 bits per heavy atom. The lowest BCUT2D eigenvalue weighted by Gasteiger charge is -2.49. The van der Waals surface area contributed by atoms with Gasteiger partial charge in [0.2, 0.25) is 0 Å². The van der Waals surface area contributed by atoms with Crippen molar-refractivity contribution < 1.29 is 29.1 Å². The van der Waals surface area contributed by atoms with Gasteiger partial charge in [0.1, 0.15) is 23.5 Å². The molecule has 1 N–H and O–H groups in total. The van der Waals surface area contributed by atoms with Gasteiger partial charge in [-0.2, -0.15) is 0 Å². The van der Waals surface area contributed by atoms with Crippen LogP contribution in [0.5, 0.6) is 0 Å². The number of hydrogen-bond donors (Lipinski definition) is 1. The number of nitro benzene ring substituents is 1. The molecule has 0 aliphatic carbocycles. The van der Waals surface area contributed by atoms with Gasteiger partial charge >= 0.3 is 5.97 Å². The molecule has 8 nitrogen and oxygen atoms in total. The summed E-state index contributed by atoms with van der Waals surface area (Å²) in [6.07, 6.45) is -0.907. The fourth-order valence-electron chi connectivity index (χ4n) is 4.49. The number of carbonyl (C=O) groups excluding carboxylic acids is 1. The van der Waals surface area contributed by atoms with Gasteiger partial charge in [0.15, 0.2) is 0 Å². The van der Waals surface area contributed by atoms with Gasteiger partial charge < -0.3 is 15.0 Å². The van der Waals surface area contributed by atoms with Crippen LogP contribution in [0.15, 0.2) is 42.5 Å². The molecule has 164 valence electrons. The Morgan fingerprint density at radius 1 is 1.26 bits per heavy atom. The van der Waals surface area contributed by atoms with Crippen molar-refractivity contribution in [1.82, 2.24) is 4.48 Å². The number of non-ortho nitro benzene ring substituents is 1. The molecule has 2 aromatic rings. The number of aliphatic carboxylic acids is 1. The second kappa shape index (κ2) is 8.07. The molecule has 3 unspecified atom stereocenters. The van der Waals surface area contributed by atoms with Crippen LogP contribution < -0.4 is 9.59 Å². The third-order valence-electron chi connectivity index (χ3n) is 6.20. The lowest BCUT2D eigenvalue weighted by molar-refractivity contribution is -0.384. The first-order chi connectivity index (χ1) is 14.5. The molecule has 0 radical (unpaired) electrons. The number of nitro groups is 1. The molecule has 1 saturated heterocycles. The summed E-state index contributed by atoms with van der Waals surface area (Å²) in [5, 5.41) is 33.3. The van der Waals surface area contributed by atoms with Crippen LogP contribution in [-0.4, -0.2) is 35.2 Å². The summed E-state index contributed by atoms with van der Waals surface area (Å²) < 4.78 is 13.6. The van der Waals surface area contributed by atoms with Crippen molar-refractivity contribution in [2.75, 3.05) is 13.1 Å². The van der Waals surface area contributed by atoms with E-state index in [-0.39, 0.29) is 30.9 Å². The first-order valence-corrected chi connectivity index (χ1v) is 9.88. The van der Waals surface area contributed by atoms with Crippen LogP contribution in [0, 0.1) is 21.3 Å². The van der Waals surface area contributed by atoms with Gasteiger partial charge in [0.25, 0.3) is 11.8 Å². The van der Waals surface area contributed by atoms with Gasteiger partial charge in [-0.25, -0.2) is 8.87 Å². The highest BCUT2D eigenvalue weighted by atomic mass is 19.1. The number of carboxylic acids is 1. The number of rotatable bonds is 5. The maximum absolute atomic E-state index is 14.4. The second-order valence-corrected chi connectivity index (χ2v) is 8.32. The molecule has 31 heavy (non-hydrogen) atoms. The normalized spacial score (nSPS) is 25.7. The number of hydrogen-bond acceptors (Lipinski definition) is 5. The summed E-state index contributed by atoms with van der Waals surface area (Å²) in [6.45, 7) is 2.91. The van der Waals surface area contributed by atoms with Gasteiger partial charge in [0, 0.05) is 30.2 Å². The van der Waals surface area contributed by atoms with E-state index in [1.807, 2.05) is 6.92 Å². The van der Waals surface area contributed by atoms with E-state index in [0.29, 0.717) is 17.5 Å². The van der Waals surface area contributed by atoms with Gasteiger partial charge in [-0.15, -0.1) is 0 Å². The average Bonchev–Trinajstić information content (AvgIpc) is 2.73. The minimum absolute atomic E-state index is 0.0616. The number of amides is 1. The molecule has 3 atom stereocenters. The van der Waals surface area contributed by atoms with Gasteiger partial charge in [-0.3, -0.25) is 14.9 Å². The molecular weight excluding hydrogens is 407 g/mol. The zero-order valence-corrected chi connectivity index (χ0v) is 17.2. The Morgan fingerprint density at radius 2 is 1.90 bits per heavy atom. The SMILES string of the molecule is CCc1ccc(C2CC(C)(C(=O)O)C[N+](C(=O)[O-])(c3ccc([N+](=O)[O-])cc3)C2)cc1F. The molecule has 0 saturated carbocycles. The minimum Gasteiger partial charge on any atom is -0.498 e. The van der Waals surface area contributed by atoms with E-state index in [0.717, 1.165) is 0 Å². The standard InChI is InChI=1S/C22H23FN2O6/c1-3-14-4-5-15(10-19(14)23)16-11-22(2,20(26)27)13-25(12-16,21(28)29)18-8-6-17(7-9-18)24(30)31/h4-10,16H,3,11-13H2,1-2H3,(H-,26,27,28,29). The van der Waals surface area contributed by atoms with E-state index in [1.54, 1.807) is 12.1 Å². The molecule has 1 aliphatic rings. The highest BCUT2D eigenvalue weighted by Gasteiger charge is 2.53. The topological polar surface area (TPSA) is 121 Å². The zero-order valence-electron chi connectivity index (χ0n) is 17.2. The van der Waals surface area contributed by atoms with E-state index in [4.69, 9.17) is 0 Å². The third kappa shape index (κ3) is 4.00. The van der Waals surface area contributed by atoms with Crippen molar-refractivity contribution in [3.05, 3.63) is 69.5 Å². The monoisotopic (exact) mass is 430 g/mol. The first kappa shape index (κ1) is 22.4. The second-order valence-electron chi connectivity index (χ2n) is 8.32. The van der Waals surface area contributed by atoms with E-state index >= 15 is 0 Å².